The lowest BCUT2D eigenvalue weighted by molar-refractivity contribution is 0.0636. The first-order valence-corrected chi connectivity index (χ1v) is 9.35. The molecule has 2 N–H and O–H groups in total. The Morgan fingerprint density at radius 2 is 1.84 bits per heavy atom. The Hall–Kier alpha value is -1.59. The molecule has 0 aromatic heterocycles. The first kappa shape index (κ1) is 19.7. The average molecular weight is 348 g/mol. The van der Waals surface area contributed by atoms with E-state index in [9.17, 15) is 4.79 Å². The topological polar surface area (TPSA) is 53.6 Å². The van der Waals surface area contributed by atoms with Gasteiger partial charge in [0, 0.05) is 17.8 Å². The molecule has 1 saturated heterocycles. The maximum atomic E-state index is 11.8. The van der Waals surface area contributed by atoms with E-state index in [1.165, 1.54) is 31.5 Å². The van der Waals surface area contributed by atoms with Crippen molar-refractivity contribution in [3.8, 4) is 0 Å². The van der Waals surface area contributed by atoms with Crippen LogP contribution < -0.4 is 10.6 Å². The quantitative estimate of drug-likeness (QED) is 0.839. The smallest absolute Gasteiger partial charge is 0.412 e. The minimum atomic E-state index is -0.490. The molecule has 1 unspecified atom stereocenters. The van der Waals surface area contributed by atoms with E-state index in [1.54, 1.807) is 0 Å². The molecule has 0 bridgehead atoms. The number of benzene rings is 1. The van der Waals surface area contributed by atoms with Crippen LogP contribution in [0.1, 0.15) is 59.1 Å². The van der Waals surface area contributed by atoms with Gasteiger partial charge in [0.15, 0.2) is 0 Å². The number of nitrogens with zero attached hydrogens (tertiary/aromatic N) is 1. The van der Waals surface area contributed by atoms with E-state index in [2.05, 4.69) is 41.5 Å². The molecule has 1 aromatic rings. The molecule has 0 saturated carbocycles. The number of likely N-dealkylation sites (tertiary alicyclic amines) is 1. The second-order valence-electron chi connectivity index (χ2n) is 7.85. The predicted molar refractivity (Wildman–Crippen MR) is 103 cm³/mol. The Morgan fingerprint density at radius 1 is 1.24 bits per heavy atom. The summed E-state index contributed by atoms with van der Waals surface area (Å²) < 4.78 is 5.27. The predicted octanol–water partition coefficient (Wildman–Crippen LogP) is 4.17. The van der Waals surface area contributed by atoms with Gasteiger partial charge in [0.25, 0.3) is 0 Å². The fraction of sp³-hybridized carbons (Fsp3) is 0.650. The number of carbonyl (C=O) groups is 1. The average Bonchev–Trinajstić information content (AvgIpc) is 2.54. The zero-order valence-electron chi connectivity index (χ0n) is 16.3. The third-order valence-corrected chi connectivity index (χ3v) is 4.58. The van der Waals surface area contributed by atoms with Crippen LogP contribution in [0.2, 0.25) is 0 Å². The van der Waals surface area contributed by atoms with Gasteiger partial charge in [0.1, 0.15) is 5.60 Å². The summed E-state index contributed by atoms with van der Waals surface area (Å²) in [5.74, 6) is 0. The number of anilines is 1. The van der Waals surface area contributed by atoms with Gasteiger partial charge in [-0.2, -0.15) is 0 Å². The lowest BCUT2D eigenvalue weighted by Crippen LogP contribution is -2.43. The van der Waals surface area contributed by atoms with Crippen LogP contribution in [0.25, 0.3) is 0 Å². The number of amides is 1. The molecule has 5 heteroatoms. The maximum absolute atomic E-state index is 11.8. The summed E-state index contributed by atoms with van der Waals surface area (Å²) >= 11 is 0. The van der Waals surface area contributed by atoms with Crippen molar-refractivity contribution in [2.45, 2.75) is 65.1 Å². The highest BCUT2D eigenvalue weighted by atomic mass is 16.6. The molecule has 1 heterocycles. The van der Waals surface area contributed by atoms with Crippen molar-refractivity contribution in [1.82, 2.24) is 10.2 Å². The minimum Gasteiger partial charge on any atom is -0.444 e. The summed E-state index contributed by atoms with van der Waals surface area (Å²) in [5, 5.41) is 6.50. The summed E-state index contributed by atoms with van der Waals surface area (Å²) in [6, 6.07) is 8.86. The van der Waals surface area contributed by atoms with Crippen LogP contribution in [0, 0.1) is 0 Å². The van der Waals surface area contributed by atoms with Crippen LogP contribution in [0.3, 0.4) is 0 Å². The van der Waals surface area contributed by atoms with Gasteiger partial charge in [-0.25, -0.2) is 4.79 Å². The zero-order chi connectivity index (χ0) is 18.4. The van der Waals surface area contributed by atoms with Gasteiger partial charge in [0.2, 0.25) is 0 Å². The molecular formula is C20H33N3O2. The molecule has 140 valence electrons. The van der Waals surface area contributed by atoms with Crippen molar-refractivity contribution >= 4 is 11.8 Å². The van der Waals surface area contributed by atoms with Crippen molar-refractivity contribution in [2.75, 3.05) is 25.0 Å². The first-order valence-electron chi connectivity index (χ1n) is 9.35. The Bertz CT molecular complexity index is 543. The van der Waals surface area contributed by atoms with Gasteiger partial charge in [-0.1, -0.05) is 19.1 Å². The Morgan fingerprint density at radius 3 is 2.36 bits per heavy atom. The molecule has 1 aliphatic rings. The van der Waals surface area contributed by atoms with Crippen molar-refractivity contribution < 1.29 is 9.53 Å². The molecule has 0 spiro atoms. The van der Waals surface area contributed by atoms with E-state index in [0.29, 0.717) is 12.1 Å². The molecule has 5 nitrogen and oxygen atoms in total. The second-order valence-corrected chi connectivity index (χ2v) is 7.85. The molecule has 25 heavy (non-hydrogen) atoms. The normalized spacial score (nSPS) is 18.0. The summed E-state index contributed by atoms with van der Waals surface area (Å²) in [5.41, 5.74) is 1.49. The van der Waals surface area contributed by atoms with Crippen molar-refractivity contribution in [2.24, 2.45) is 0 Å². The maximum Gasteiger partial charge on any atom is 0.412 e. The van der Waals surface area contributed by atoms with Crippen LogP contribution in [0.15, 0.2) is 24.3 Å². The number of hydrogen-bond acceptors (Lipinski definition) is 4. The summed E-state index contributed by atoms with van der Waals surface area (Å²) in [7, 11) is 0. The highest BCUT2D eigenvalue weighted by molar-refractivity contribution is 5.84. The fourth-order valence-electron chi connectivity index (χ4n) is 3.14. The van der Waals surface area contributed by atoms with Crippen LogP contribution in [0.4, 0.5) is 10.5 Å². The van der Waals surface area contributed by atoms with Crippen molar-refractivity contribution in [1.29, 1.82) is 0 Å². The van der Waals surface area contributed by atoms with Gasteiger partial charge < -0.3 is 15.0 Å². The highest BCUT2D eigenvalue weighted by Crippen LogP contribution is 2.20. The molecule has 2 rings (SSSR count). The number of nitrogens with one attached hydrogen (secondary N) is 2. The summed E-state index contributed by atoms with van der Waals surface area (Å²) in [6.07, 6.45) is 1.99. The number of hydrogen-bond donors (Lipinski definition) is 2. The van der Waals surface area contributed by atoms with Crippen LogP contribution in [0.5, 0.6) is 0 Å². The molecule has 1 fully saturated rings. The van der Waals surface area contributed by atoms with E-state index in [1.807, 2.05) is 32.9 Å². The number of ether oxygens (including phenoxy) is 1. The Balaban J connectivity index is 1.83. The lowest BCUT2D eigenvalue weighted by Gasteiger charge is -2.33. The standard InChI is InChI=1S/C20H33N3O2/c1-6-23-13-11-18(12-14-23)21-15(2)16-7-9-17(10-8-16)22-19(24)25-20(3,4)5/h7-10,15,18,21H,6,11-14H2,1-5H3,(H,22,24). The summed E-state index contributed by atoms with van der Waals surface area (Å²) in [6.45, 7) is 13.5. The third-order valence-electron chi connectivity index (χ3n) is 4.58. The third kappa shape index (κ3) is 6.67. The van der Waals surface area contributed by atoms with E-state index < -0.39 is 11.7 Å². The van der Waals surface area contributed by atoms with Crippen LogP contribution in [-0.2, 0) is 4.74 Å². The molecule has 1 aliphatic heterocycles. The largest absolute Gasteiger partial charge is 0.444 e. The molecule has 0 radical (unpaired) electrons. The van der Waals surface area contributed by atoms with E-state index in [-0.39, 0.29) is 0 Å². The molecule has 1 amide bonds. The highest BCUT2D eigenvalue weighted by Gasteiger charge is 2.20. The number of carbonyl (C=O) groups excluding carboxylic acids is 1. The van der Waals surface area contributed by atoms with Crippen LogP contribution >= 0.6 is 0 Å². The van der Waals surface area contributed by atoms with E-state index in [4.69, 9.17) is 4.74 Å². The van der Waals surface area contributed by atoms with Gasteiger partial charge in [-0.15, -0.1) is 0 Å². The number of piperidine rings is 1. The molecular weight excluding hydrogens is 314 g/mol. The number of rotatable bonds is 5. The zero-order valence-corrected chi connectivity index (χ0v) is 16.3. The second kappa shape index (κ2) is 8.68. The summed E-state index contributed by atoms with van der Waals surface area (Å²) in [4.78, 5) is 14.3. The Labute approximate surface area is 152 Å². The van der Waals surface area contributed by atoms with E-state index in [0.717, 1.165) is 12.2 Å². The van der Waals surface area contributed by atoms with Gasteiger partial charge in [-0.3, -0.25) is 5.32 Å². The van der Waals surface area contributed by atoms with Crippen molar-refractivity contribution in [3.05, 3.63) is 29.8 Å². The fourth-order valence-corrected chi connectivity index (χ4v) is 3.14. The van der Waals surface area contributed by atoms with Gasteiger partial charge in [-0.05, 0) is 77.9 Å². The SMILES string of the molecule is CCN1CCC(NC(C)c2ccc(NC(=O)OC(C)(C)C)cc2)CC1. The van der Waals surface area contributed by atoms with E-state index >= 15 is 0 Å². The molecule has 1 aromatic carbocycles. The molecule has 1 atom stereocenters. The van der Waals surface area contributed by atoms with Crippen molar-refractivity contribution in [3.63, 3.8) is 0 Å². The minimum absolute atomic E-state index is 0.300. The van der Waals surface area contributed by atoms with Gasteiger partial charge in [0.05, 0.1) is 0 Å². The first-order chi connectivity index (χ1) is 11.8. The Kier molecular flexibility index (Phi) is 6.85. The molecule has 0 aliphatic carbocycles. The van der Waals surface area contributed by atoms with Gasteiger partial charge >= 0.3 is 6.09 Å². The monoisotopic (exact) mass is 347 g/mol. The van der Waals surface area contributed by atoms with Crippen LogP contribution in [-0.4, -0.2) is 42.3 Å². The lowest BCUT2D eigenvalue weighted by atomic mass is 10.0.